The van der Waals surface area contributed by atoms with E-state index >= 15 is 0 Å². The fourth-order valence-electron chi connectivity index (χ4n) is 1.63. The highest BCUT2D eigenvalue weighted by Crippen LogP contribution is 2.42. The number of hydrogen-bond donors (Lipinski definition) is 0. The Morgan fingerprint density at radius 1 is 1.21 bits per heavy atom. The predicted molar refractivity (Wildman–Crippen MR) is 78.4 cm³/mol. The average Bonchev–Trinajstić information content (AvgIpc) is 2.91. The number of carbonyl (C=O) groups is 1. The minimum absolute atomic E-state index is 0.0983. The van der Waals surface area contributed by atoms with Crippen molar-refractivity contribution in [1.82, 2.24) is 0 Å². The number of hydrogen-bond acceptors (Lipinski definition) is 4. The summed E-state index contributed by atoms with van der Waals surface area (Å²) < 4.78 is 21.1. The van der Waals surface area contributed by atoms with Crippen molar-refractivity contribution in [2.75, 3.05) is 0 Å². The summed E-state index contributed by atoms with van der Waals surface area (Å²) in [7, 11) is 0. The molecule has 0 radical (unpaired) electrons. The molecule has 4 nitrogen and oxygen atoms in total. The van der Waals surface area contributed by atoms with Crippen LogP contribution in [0.4, 0.5) is 0 Å². The number of ether oxygens (including phenoxy) is 1. The Morgan fingerprint density at radius 3 is 2.16 bits per heavy atom. The first-order chi connectivity index (χ1) is 8.42. The zero-order valence-corrected chi connectivity index (χ0v) is 13.8. The summed E-state index contributed by atoms with van der Waals surface area (Å²) in [6.07, 6.45) is 0.756. The second kappa shape index (κ2) is 5.44. The van der Waals surface area contributed by atoms with E-state index in [2.05, 4.69) is 4.40 Å². The van der Waals surface area contributed by atoms with E-state index in [0.29, 0.717) is 0 Å². The van der Waals surface area contributed by atoms with Crippen molar-refractivity contribution in [2.45, 2.75) is 65.2 Å². The fraction of sp³-hybridized carbons (Fsp3) is 0.857. The van der Waals surface area contributed by atoms with Crippen molar-refractivity contribution in [3.8, 4) is 0 Å². The van der Waals surface area contributed by atoms with E-state index in [1.165, 1.54) is 0 Å². The van der Waals surface area contributed by atoms with Gasteiger partial charge in [-0.05, 0) is 54.9 Å². The van der Waals surface area contributed by atoms with E-state index in [1.54, 1.807) is 0 Å². The van der Waals surface area contributed by atoms with Gasteiger partial charge in [-0.25, -0.2) is 0 Å². The lowest BCUT2D eigenvalue weighted by atomic mass is 10.2. The Bertz CT molecular complexity index is 379. The van der Waals surface area contributed by atoms with Crippen molar-refractivity contribution < 1.29 is 14.1 Å². The van der Waals surface area contributed by atoms with Gasteiger partial charge < -0.3 is 9.29 Å². The number of carbonyl (C=O) groups excluding carboxylic acids is 1. The first kappa shape index (κ1) is 16.5. The Morgan fingerprint density at radius 2 is 1.74 bits per heavy atom. The third-order valence-corrected chi connectivity index (χ3v) is 4.29. The van der Waals surface area contributed by atoms with Gasteiger partial charge in [0.15, 0.2) is 0 Å². The van der Waals surface area contributed by atoms with E-state index < -0.39 is 17.0 Å². The van der Waals surface area contributed by atoms with Crippen LogP contribution >= 0.6 is 0 Å². The molecule has 0 heterocycles. The molecule has 0 aromatic carbocycles. The number of esters is 1. The van der Waals surface area contributed by atoms with Crippen LogP contribution in [0.25, 0.3) is 0 Å². The third kappa shape index (κ3) is 5.15. The van der Waals surface area contributed by atoms with E-state index in [4.69, 9.17) is 4.74 Å². The largest absolute Gasteiger partial charge is 0.591 e. The second-order valence-corrected chi connectivity index (χ2v) is 8.98. The molecular formula is C14H25NO3S. The monoisotopic (exact) mass is 287 g/mol. The summed E-state index contributed by atoms with van der Waals surface area (Å²) in [5, 5.41) is 0. The van der Waals surface area contributed by atoms with Gasteiger partial charge in [0.1, 0.15) is 21.7 Å². The summed E-state index contributed by atoms with van der Waals surface area (Å²) in [6.45, 7) is 13.1. The summed E-state index contributed by atoms with van der Waals surface area (Å²) in [5.41, 5.74) is 0.341. The molecule has 0 amide bonds. The molecule has 0 aliphatic heterocycles. The van der Waals surface area contributed by atoms with Gasteiger partial charge in [0, 0.05) is 5.92 Å². The van der Waals surface area contributed by atoms with Crippen LogP contribution in [0.2, 0.25) is 0 Å². The molecular weight excluding hydrogens is 262 g/mol. The summed E-state index contributed by atoms with van der Waals surface area (Å²) in [5.74, 6) is -0.185. The lowest BCUT2D eigenvalue weighted by Gasteiger charge is -2.20. The van der Waals surface area contributed by atoms with Crippen molar-refractivity contribution in [1.29, 1.82) is 0 Å². The smallest absolute Gasteiger partial charge is 0.310 e. The summed E-state index contributed by atoms with van der Waals surface area (Å²) in [4.78, 5) is 11.9. The molecule has 0 saturated heterocycles. The van der Waals surface area contributed by atoms with Gasteiger partial charge in [-0.3, -0.25) is 4.79 Å². The molecule has 19 heavy (non-hydrogen) atoms. The predicted octanol–water partition coefficient (Wildman–Crippen LogP) is 2.89. The van der Waals surface area contributed by atoms with Gasteiger partial charge >= 0.3 is 5.97 Å². The highest BCUT2D eigenvalue weighted by atomic mass is 32.2. The number of rotatable bonds is 3. The van der Waals surface area contributed by atoms with Gasteiger partial charge in [-0.15, -0.1) is 0 Å². The topological polar surface area (TPSA) is 61.7 Å². The van der Waals surface area contributed by atoms with Crippen LogP contribution in [-0.2, 0) is 20.9 Å². The molecule has 1 fully saturated rings. The van der Waals surface area contributed by atoms with Crippen LogP contribution < -0.4 is 0 Å². The van der Waals surface area contributed by atoms with Crippen molar-refractivity contribution in [3.63, 3.8) is 0 Å². The first-order valence-corrected chi connectivity index (χ1v) is 7.72. The lowest BCUT2D eigenvalue weighted by molar-refractivity contribution is -0.156. The molecule has 1 saturated carbocycles. The molecule has 5 heteroatoms. The van der Waals surface area contributed by atoms with Crippen molar-refractivity contribution in [3.05, 3.63) is 0 Å². The van der Waals surface area contributed by atoms with Crippen molar-refractivity contribution >= 4 is 23.0 Å². The minimum Gasteiger partial charge on any atom is -0.591 e. The molecule has 0 aromatic heterocycles. The molecule has 0 spiro atoms. The van der Waals surface area contributed by atoms with Gasteiger partial charge in [0.25, 0.3) is 0 Å². The van der Waals surface area contributed by atoms with Crippen LogP contribution in [0.1, 0.15) is 54.9 Å². The maximum atomic E-state index is 11.9. The van der Waals surface area contributed by atoms with E-state index in [0.717, 1.165) is 12.1 Å². The maximum Gasteiger partial charge on any atom is 0.310 e. The molecule has 3 atom stereocenters. The molecule has 1 rings (SSSR count). The number of nitrogens with zero attached hydrogens (tertiary/aromatic N) is 1. The van der Waals surface area contributed by atoms with Crippen LogP contribution in [0.5, 0.6) is 0 Å². The van der Waals surface area contributed by atoms with Gasteiger partial charge in [-0.2, -0.15) is 0 Å². The molecule has 1 unspecified atom stereocenters. The minimum atomic E-state index is -1.26. The van der Waals surface area contributed by atoms with Crippen LogP contribution in [0.3, 0.4) is 0 Å². The van der Waals surface area contributed by atoms with Crippen LogP contribution in [0, 0.1) is 11.8 Å². The Kier molecular flexibility index (Phi) is 4.73. The highest BCUT2D eigenvalue weighted by Gasteiger charge is 2.48. The molecule has 110 valence electrons. The SMILES string of the molecule is CC(=N[S+]([O-])C(C)(C)C)[C@@H]1C[C@H]1C(=O)OC(C)(C)C. The maximum absolute atomic E-state index is 11.9. The Labute approximate surface area is 119 Å². The molecule has 1 aliphatic carbocycles. The quantitative estimate of drug-likeness (QED) is 0.455. The van der Waals surface area contributed by atoms with Crippen LogP contribution in [-0.4, -0.2) is 26.6 Å². The Balaban J connectivity index is 2.58. The first-order valence-electron chi connectivity index (χ1n) is 6.62. The highest BCUT2D eigenvalue weighted by molar-refractivity contribution is 7.91. The van der Waals surface area contributed by atoms with E-state index in [-0.39, 0.29) is 22.6 Å². The zero-order chi connectivity index (χ0) is 15.0. The molecule has 0 aromatic rings. The average molecular weight is 287 g/mol. The Hall–Kier alpha value is -0.550. The normalized spacial score (nSPS) is 26.0. The van der Waals surface area contributed by atoms with Gasteiger partial charge in [-0.1, -0.05) is 4.40 Å². The lowest BCUT2D eigenvalue weighted by Crippen LogP contribution is -2.27. The molecule has 0 N–H and O–H groups in total. The van der Waals surface area contributed by atoms with Gasteiger partial charge in [0.2, 0.25) is 0 Å². The van der Waals surface area contributed by atoms with E-state index in [1.807, 2.05) is 48.5 Å². The summed E-state index contributed by atoms with van der Waals surface area (Å²) in [6, 6.07) is 0. The summed E-state index contributed by atoms with van der Waals surface area (Å²) >= 11 is -1.26. The standard InChI is InChI=1S/C14H25NO3S/c1-9(15-19(17)14(5,6)7)10-8-11(10)12(16)18-13(2,3)4/h10-11H,8H2,1-7H3/t10-,11+,19?/m0/s1. The van der Waals surface area contributed by atoms with Crippen LogP contribution in [0.15, 0.2) is 4.40 Å². The second-order valence-electron chi connectivity index (χ2n) is 7.08. The fourth-order valence-corrected chi connectivity index (χ4v) is 2.30. The zero-order valence-electron chi connectivity index (χ0n) is 12.9. The third-order valence-electron chi connectivity index (χ3n) is 2.79. The molecule has 1 aliphatic rings. The molecule has 0 bridgehead atoms. The van der Waals surface area contributed by atoms with Crippen molar-refractivity contribution in [2.24, 2.45) is 16.2 Å². The van der Waals surface area contributed by atoms with E-state index in [9.17, 15) is 9.35 Å². The van der Waals surface area contributed by atoms with Gasteiger partial charge in [0.05, 0.1) is 11.6 Å².